The van der Waals surface area contributed by atoms with E-state index in [-0.39, 0.29) is 17.4 Å². The summed E-state index contributed by atoms with van der Waals surface area (Å²) in [6, 6.07) is 20.9. The number of aliphatic hydroxyl groups is 1. The topological polar surface area (TPSA) is 82.1 Å². The highest BCUT2D eigenvalue weighted by Crippen LogP contribution is 2.58. The van der Waals surface area contributed by atoms with Crippen LogP contribution < -0.4 is 10.4 Å². The lowest BCUT2D eigenvalue weighted by Crippen LogP contribution is -2.66. The summed E-state index contributed by atoms with van der Waals surface area (Å²) < 4.78 is 18.3. The second kappa shape index (κ2) is 9.12. The van der Waals surface area contributed by atoms with Crippen molar-refractivity contribution in [2.45, 2.75) is 63.9 Å². The van der Waals surface area contributed by atoms with Gasteiger partial charge in [0.05, 0.1) is 17.1 Å². The summed E-state index contributed by atoms with van der Waals surface area (Å²) in [6.07, 6.45) is 2.79. The number of ether oxygens (including phenoxy) is 2. The van der Waals surface area contributed by atoms with Gasteiger partial charge in [-0.2, -0.15) is 0 Å². The largest absolute Gasteiger partial charge is 0.407 e. The highest BCUT2D eigenvalue weighted by atomic mass is 28.4. The van der Waals surface area contributed by atoms with Gasteiger partial charge in [-0.3, -0.25) is 0 Å². The molecule has 198 valence electrons. The summed E-state index contributed by atoms with van der Waals surface area (Å²) in [6.45, 7) is 7.07. The molecule has 1 saturated heterocycles. The Labute approximate surface area is 224 Å². The second-order valence-corrected chi connectivity index (χ2v) is 16.2. The van der Waals surface area contributed by atoms with Gasteiger partial charge in [0.1, 0.15) is 0 Å². The molecule has 0 radical (unpaired) electrons. The highest BCUT2D eigenvalue weighted by molar-refractivity contribution is 6.99. The van der Waals surface area contributed by atoms with Crippen LogP contribution in [0.3, 0.4) is 0 Å². The lowest BCUT2D eigenvalue weighted by Gasteiger charge is -2.44. The van der Waals surface area contributed by atoms with E-state index in [1.54, 1.807) is 0 Å². The molecule has 7 heteroatoms. The lowest BCUT2D eigenvalue weighted by molar-refractivity contribution is -0.152. The van der Waals surface area contributed by atoms with E-state index in [0.717, 1.165) is 12.0 Å². The molecule has 0 aromatic heterocycles. The van der Waals surface area contributed by atoms with Crippen molar-refractivity contribution in [2.75, 3.05) is 6.61 Å². The van der Waals surface area contributed by atoms with Crippen molar-refractivity contribution in [3.05, 3.63) is 83.5 Å². The van der Waals surface area contributed by atoms with Crippen LogP contribution in [0.5, 0.6) is 0 Å². The molecule has 1 unspecified atom stereocenters. The third-order valence-electron chi connectivity index (χ3n) is 8.96. The van der Waals surface area contributed by atoms with Crippen LogP contribution >= 0.6 is 0 Å². The Kier molecular flexibility index (Phi) is 6.11. The van der Waals surface area contributed by atoms with Gasteiger partial charge in [0.25, 0.3) is 8.32 Å². The van der Waals surface area contributed by atoms with Crippen LogP contribution in [0.25, 0.3) is 0 Å². The van der Waals surface area contributed by atoms with Gasteiger partial charge >= 0.3 is 11.9 Å². The zero-order valence-electron chi connectivity index (χ0n) is 22.1. The molecular weight excluding hydrogens is 496 g/mol. The summed E-state index contributed by atoms with van der Waals surface area (Å²) >= 11 is 0. The third-order valence-corrected chi connectivity index (χ3v) is 14.0. The molecule has 1 fully saturated rings. The zero-order chi connectivity index (χ0) is 26.7. The summed E-state index contributed by atoms with van der Waals surface area (Å²) in [5.74, 6) is -1.40. The Morgan fingerprint density at radius 1 is 1.00 bits per heavy atom. The Bertz CT molecular complexity index is 1290. The number of esters is 2. The van der Waals surface area contributed by atoms with Crippen LogP contribution in [0.15, 0.2) is 83.5 Å². The van der Waals surface area contributed by atoms with E-state index in [1.807, 2.05) is 12.1 Å². The van der Waals surface area contributed by atoms with Crippen molar-refractivity contribution in [1.82, 2.24) is 0 Å². The van der Waals surface area contributed by atoms with E-state index < -0.39 is 38.1 Å². The van der Waals surface area contributed by atoms with Crippen molar-refractivity contribution < 1.29 is 28.6 Å². The van der Waals surface area contributed by atoms with Crippen LogP contribution in [-0.4, -0.2) is 44.4 Å². The molecule has 6 rings (SSSR count). The van der Waals surface area contributed by atoms with Crippen LogP contribution in [-0.2, 0) is 23.5 Å². The number of cyclic esters (lactones) is 2. The number of benzene rings is 2. The van der Waals surface area contributed by atoms with Crippen molar-refractivity contribution >= 4 is 30.6 Å². The number of aliphatic hydroxyl groups excluding tert-OH is 1. The number of fused-ring (bicyclic) bond motifs is 1. The minimum absolute atomic E-state index is 0.184. The van der Waals surface area contributed by atoms with Crippen LogP contribution in [0.2, 0.25) is 5.04 Å². The average molecular weight is 531 g/mol. The van der Waals surface area contributed by atoms with Crippen molar-refractivity contribution in [2.24, 2.45) is 11.3 Å². The van der Waals surface area contributed by atoms with Crippen LogP contribution in [0, 0.1) is 11.3 Å². The molecule has 2 aliphatic carbocycles. The highest BCUT2D eigenvalue weighted by Gasteiger charge is 2.61. The molecule has 2 aliphatic heterocycles. The summed E-state index contributed by atoms with van der Waals surface area (Å²) in [7, 11) is -2.78. The predicted molar refractivity (Wildman–Crippen MR) is 145 cm³/mol. The van der Waals surface area contributed by atoms with E-state index in [4.69, 9.17) is 13.9 Å². The Balaban J connectivity index is 1.40. The fourth-order valence-corrected chi connectivity index (χ4v) is 11.8. The van der Waals surface area contributed by atoms with Gasteiger partial charge in [-0.05, 0) is 46.7 Å². The maximum absolute atomic E-state index is 12.8. The van der Waals surface area contributed by atoms with Gasteiger partial charge in [0, 0.05) is 18.1 Å². The number of hydrogen-bond acceptors (Lipinski definition) is 6. The summed E-state index contributed by atoms with van der Waals surface area (Å²) in [5.41, 5.74) is 1.02. The second-order valence-electron chi connectivity index (χ2n) is 11.9. The van der Waals surface area contributed by atoms with Crippen molar-refractivity contribution in [3.8, 4) is 0 Å². The quantitative estimate of drug-likeness (QED) is 0.265. The zero-order valence-corrected chi connectivity index (χ0v) is 23.1. The number of allylic oxidation sites excluding steroid dienone is 1. The van der Waals surface area contributed by atoms with Gasteiger partial charge < -0.3 is 19.0 Å². The first kappa shape index (κ1) is 25.4. The van der Waals surface area contributed by atoms with E-state index >= 15 is 0 Å². The first-order valence-corrected chi connectivity index (χ1v) is 15.4. The van der Waals surface area contributed by atoms with Gasteiger partial charge in [0.2, 0.25) is 0 Å². The molecule has 4 aliphatic rings. The SMILES string of the molecule is CC(C)(C)[Si](OCC[C@]12CC3=C(C(=O)OC3=O)[C@H]3CCC=C1[C@H]3OC2O)(c1ccccc1)c1ccccc1. The van der Waals surface area contributed by atoms with Gasteiger partial charge in [-0.25, -0.2) is 9.59 Å². The average Bonchev–Trinajstić information content (AvgIpc) is 3.31. The van der Waals surface area contributed by atoms with Gasteiger partial charge in [-0.1, -0.05) is 87.5 Å². The van der Waals surface area contributed by atoms with Gasteiger partial charge in [0.15, 0.2) is 6.29 Å². The summed E-state index contributed by atoms with van der Waals surface area (Å²) in [4.78, 5) is 25.4. The fourth-order valence-electron chi connectivity index (χ4n) is 7.25. The molecule has 2 aromatic carbocycles. The Hall–Kier alpha value is -2.84. The third kappa shape index (κ3) is 3.63. The lowest BCUT2D eigenvalue weighted by atomic mass is 9.70. The fraction of sp³-hybridized carbons (Fsp3) is 0.419. The number of carbonyl (C=O) groups is 2. The number of rotatable bonds is 6. The van der Waals surface area contributed by atoms with Crippen molar-refractivity contribution in [1.29, 1.82) is 0 Å². The van der Waals surface area contributed by atoms with Crippen LogP contribution in [0.1, 0.15) is 46.5 Å². The first-order chi connectivity index (χ1) is 18.2. The molecule has 0 saturated carbocycles. The maximum Gasteiger partial charge on any atom is 0.342 e. The minimum Gasteiger partial charge on any atom is -0.407 e. The van der Waals surface area contributed by atoms with Crippen molar-refractivity contribution in [3.63, 3.8) is 0 Å². The molecule has 1 N–H and O–H groups in total. The molecule has 0 spiro atoms. The first-order valence-electron chi connectivity index (χ1n) is 13.5. The molecule has 2 aromatic rings. The maximum atomic E-state index is 12.8. The normalized spacial score (nSPS) is 28.6. The minimum atomic E-state index is -2.78. The monoisotopic (exact) mass is 530 g/mol. The smallest absolute Gasteiger partial charge is 0.342 e. The molecule has 6 nitrogen and oxygen atoms in total. The number of hydrogen-bond donors (Lipinski definition) is 1. The van der Waals surface area contributed by atoms with E-state index in [2.05, 4.69) is 75.4 Å². The molecule has 38 heavy (non-hydrogen) atoms. The van der Waals surface area contributed by atoms with Crippen LogP contribution in [0.4, 0.5) is 0 Å². The standard InChI is InChI=1S/C31H34O6Si/c1-30(2,3)38(20-11-6-4-7-12-20,21-13-8-5-9-14-21)35-18-17-31-19-23-25(28(33)37-27(23)32)22-15-10-16-24(31)26(22)36-29(31)34/h4-9,11-14,16,22,26,29,34H,10,15,17-19H2,1-3H3/t22-,26+,29?,31+/m1/s1. The molecule has 0 amide bonds. The van der Waals surface area contributed by atoms with E-state index in [0.29, 0.717) is 30.6 Å². The molecule has 4 bridgehead atoms. The Morgan fingerprint density at radius 2 is 1.63 bits per heavy atom. The number of carbonyl (C=O) groups excluding carboxylic acids is 2. The van der Waals surface area contributed by atoms with Gasteiger partial charge in [-0.15, -0.1) is 0 Å². The Morgan fingerprint density at radius 3 is 2.24 bits per heavy atom. The summed E-state index contributed by atoms with van der Waals surface area (Å²) in [5, 5.41) is 13.5. The van der Waals surface area contributed by atoms with E-state index in [1.165, 1.54) is 10.4 Å². The van der Waals surface area contributed by atoms with E-state index in [9.17, 15) is 14.7 Å². The predicted octanol–water partition coefficient (Wildman–Crippen LogP) is 3.78. The molecule has 4 atom stereocenters. The molecule has 2 heterocycles. The molecular formula is C31H34O6Si.